The second-order valence-electron chi connectivity index (χ2n) is 4.31. The van der Waals surface area contributed by atoms with E-state index in [0.29, 0.717) is 10.5 Å². The third kappa shape index (κ3) is 1.91. The van der Waals surface area contributed by atoms with Gasteiger partial charge in [-0.3, -0.25) is 0 Å². The topological polar surface area (TPSA) is 52.3 Å². The Morgan fingerprint density at radius 2 is 2.29 bits per heavy atom. The SMILES string of the molecule is CCC1CC(N)CC[N+]1(C)C(=O)OC. The Kier molecular flexibility index (Phi) is 3.50. The summed E-state index contributed by atoms with van der Waals surface area (Å²) in [5, 5.41) is 0. The van der Waals surface area contributed by atoms with E-state index in [4.69, 9.17) is 10.5 Å². The van der Waals surface area contributed by atoms with E-state index in [-0.39, 0.29) is 12.1 Å². The largest absolute Gasteiger partial charge is 0.515 e. The fourth-order valence-electron chi connectivity index (χ4n) is 2.34. The van der Waals surface area contributed by atoms with Crippen LogP contribution in [0.2, 0.25) is 0 Å². The summed E-state index contributed by atoms with van der Waals surface area (Å²) in [6, 6.07) is 0.557. The van der Waals surface area contributed by atoms with Crippen LogP contribution >= 0.6 is 0 Å². The Morgan fingerprint density at radius 3 is 2.79 bits per heavy atom. The van der Waals surface area contributed by atoms with E-state index in [1.165, 1.54) is 7.11 Å². The van der Waals surface area contributed by atoms with E-state index >= 15 is 0 Å². The maximum absolute atomic E-state index is 11.7. The quantitative estimate of drug-likeness (QED) is 0.646. The van der Waals surface area contributed by atoms with Crippen molar-refractivity contribution in [3.63, 3.8) is 0 Å². The lowest BCUT2D eigenvalue weighted by atomic mass is 9.94. The molecule has 0 aromatic heterocycles. The van der Waals surface area contributed by atoms with Gasteiger partial charge in [0.05, 0.1) is 26.7 Å². The van der Waals surface area contributed by atoms with Crippen molar-refractivity contribution in [2.24, 2.45) is 5.73 Å². The van der Waals surface area contributed by atoms with E-state index in [9.17, 15) is 4.79 Å². The molecule has 1 heterocycles. The Labute approximate surface area is 85.6 Å². The molecule has 82 valence electrons. The van der Waals surface area contributed by atoms with E-state index in [2.05, 4.69) is 6.92 Å². The maximum atomic E-state index is 11.7. The normalized spacial score (nSPS) is 38.0. The molecule has 1 fully saturated rings. The first-order valence-corrected chi connectivity index (χ1v) is 5.24. The molecule has 0 aromatic rings. The summed E-state index contributed by atoms with van der Waals surface area (Å²) in [5.74, 6) is 0. The molecule has 3 atom stereocenters. The number of methoxy groups -OCH3 is 1. The molecule has 0 radical (unpaired) electrons. The Hall–Kier alpha value is -0.610. The molecule has 2 N–H and O–H groups in total. The van der Waals surface area contributed by atoms with Crippen molar-refractivity contribution in [1.82, 2.24) is 0 Å². The van der Waals surface area contributed by atoms with Crippen LogP contribution < -0.4 is 5.73 Å². The standard InChI is InChI=1S/C10H21N2O2/c1-4-9-7-8(11)5-6-12(9,2)10(13)14-3/h8-9H,4-7,11H2,1-3H3/q+1. The average Bonchev–Trinajstić information content (AvgIpc) is 2.20. The molecule has 0 bridgehead atoms. The zero-order chi connectivity index (χ0) is 10.8. The number of nitrogens with two attached hydrogens (primary N) is 1. The molecule has 0 saturated carbocycles. The predicted octanol–water partition coefficient (Wildman–Crippen LogP) is 1.10. The number of quaternary nitrogens is 1. The molecule has 1 aliphatic rings. The van der Waals surface area contributed by atoms with Crippen molar-refractivity contribution in [2.75, 3.05) is 20.7 Å². The van der Waals surface area contributed by atoms with Gasteiger partial charge in [0, 0.05) is 18.9 Å². The van der Waals surface area contributed by atoms with Crippen LogP contribution in [0.4, 0.5) is 4.79 Å². The van der Waals surface area contributed by atoms with Gasteiger partial charge in [-0.05, 0) is 6.42 Å². The highest BCUT2D eigenvalue weighted by molar-refractivity contribution is 5.59. The van der Waals surface area contributed by atoms with E-state index < -0.39 is 0 Å². The van der Waals surface area contributed by atoms with Crippen LogP contribution in [0.1, 0.15) is 26.2 Å². The summed E-state index contributed by atoms with van der Waals surface area (Å²) < 4.78 is 5.24. The van der Waals surface area contributed by atoms with Gasteiger partial charge < -0.3 is 10.5 Å². The van der Waals surface area contributed by atoms with Gasteiger partial charge in [-0.2, -0.15) is 4.79 Å². The number of amides is 1. The summed E-state index contributed by atoms with van der Waals surface area (Å²) in [7, 11) is 3.40. The molecule has 1 rings (SSSR count). The first-order chi connectivity index (χ1) is 6.54. The van der Waals surface area contributed by atoms with Gasteiger partial charge in [0.2, 0.25) is 0 Å². The summed E-state index contributed by atoms with van der Waals surface area (Å²) in [5.41, 5.74) is 5.90. The summed E-state index contributed by atoms with van der Waals surface area (Å²) in [4.78, 5) is 11.7. The molecule has 0 aliphatic carbocycles. The molecule has 4 heteroatoms. The molecule has 4 nitrogen and oxygen atoms in total. The summed E-state index contributed by atoms with van der Waals surface area (Å²) in [6.07, 6.45) is 2.66. The van der Waals surface area contributed by atoms with Crippen molar-refractivity contribution in [3.05, 3.63) is 0 Å². The minimum atomic E-state index is -0.135. The monoisotopic (exact) mass is 201 g/mol. The fourth-order valence-corrected chi connectivity index (χ4v) is 2.34. The van der Waals surface area contributed by atoms with Crippen LogP contribution in [0.5, 0.6) is 0 Å². The zero-order valence-corrected chi connectivity index (χ0v) is 9.32. The number of piperidine rings is 1. The van der Waals surface area contributed by atoms with Crippen molar-refractivity contribution in [2.45, 2.75) is 38.3 Å². The lowest BCUT2D eigenvalue weighted by Gasteiger charge is -2.42. The molecule has 3 unspecified atom stereocenters. The third-order valence-corrected chi connectivity index (χ3v) is 3.41. The first-order valence-electron chi connectivity index (χ1n) is 5.24. The smallest absolute Gasteiger partial charge is 0.423 e. The van der Waals surface area contributed by atoms with Crippen molar-refractivity contribution in [3.8, 4) is 0 Å². The minimum Gasteiger partial charge on any atom is -0.423 e. The van der Waals surface area contributed by atoms with Gasteiger partial charge in [-0.1, -0.05) is 6.92 Å². The van der Waals surface area contributed by atoms with Crippen molar-refractivity contribution < 1.29 is 14.0 Å². The Morgan fingerprint density at radius 1 is 1.64 bits per heavy atom. The molecule has 0 spiro atoms. The summed E-state index contributed by atoms with van der Waals surface area (Å²) in [6.45, 7) is 2.90. The third-order valence-electron chi connectivity index (χ3n) is 3.41. The van der Waals surface area contributed by atoms with E-state index in [1.54, 1.807) is 0 Å². The van der Waals surface area contributed by atoms with Crippen LogP contribution in [0, 0.1) is 0 Å². The van der Waals surface area contributed by atoms with Crippen LogP contribution in [-0.4, -0.2) is 43.4 Å². The number of hydrogen-bond acceptors (Lipinski definition) is 3. The van der Waals surface area contributed by atoms with Gasteiger partial charge in [-0.25, -0.2) is 4.48 Å². The number of carbonyl (C=O) groups is 1. The van der Waals surface area contributed by atoms with Gasteiger partial charge in [0.1, 0.15) is 0 Å². The second kappa shape index (κ2) is 4.28. The van der Waals surface area contributed by atoms with Crippen molar-refractivity contribution in [1.29, 1.82) is 0 Å². The number of carbonyl (C=O) groups excluding carboxylic acids is 1. The highest BCUT2D eigenvalue weighted by Gasteiger charge is 2.44. The lowest BCUT2D eigenvalue weighted by Crippen LogP contribution is -2.61. The molecular weight excluding hydrogens is 180 g/mol. The predicted molar refractivity (Wildman–Crippen MR) is 54.7 cm³/mol. The molecule has 0 aromatic carbocycles. The average molecular weight is 201 g/mol. The van der Waals surface area contributed by atoms with Gasteiger partial charge >= 0.3 is 6.09 Å². The van der Waals surface area contributed by atoms with Gasteiger partial charge in [-0.15, -0.1) is 0 Å². The summed E-state index contributed by atoms with van der Waals surface area (Å²) >= 11 is 0. The van der Waals surface area contributed by atoms with E-state index in [1.807, 2.05) is 7.05 Å². The fraction of sp³-hybridized carbons (Fsp3) is 0.900. The van der Waals surface area contributed by atoms with Crippen LogP contribution in [0.3, 0.4) is 0 Å². The molecule has 14 heavy (non-hydrogen) atoms. The highest BCUT2D eigenvalue weighted by Crippen LogP contribution is 2.26. The van der Waals surface area contributed by atoms with Crippen LogP contribution in [0.25, 0.3) is 0 Å². The second-order valence-corrected chi connectivity index (χ2v) is 4.31. The number of ether oxygens (including phenoxy) is 1. The van der Waals surface area contributed by atoms with Gasteiger partial charge in [0.25, 0.3) is 0 Å². The Balaban J connectivity index is 2.79. The van der Waals surface area contributed by atoms with E-state index in [0.717, 1.165) is 25.8 Å². The molecular formula is C10H21N2O2+. The maximum Gasteiger partial charge on any atom is 0.515 e. The zero-order valence-electron chi connectivity index (χ0n) is 9.32. The number of hydrogen-bond donors (Lipinski definition) is 1. The van der Waals surface area contributed by atoms with Crippen LogP contribution in [-0.2, 0) is 4.74 Å². The number of likely N-dealkylation sites (tertiary alicyclic amines) is 1. The molecule has 1 aliphatic heterocycles. The van der Waals surface area contributed by atoms with Crippen LogP contribution in [0.15, 0.2) is 0 Å². The lowest BCUT2D eigenvalue weighted by molar-refractivity contribution is -0.869. The molecule has 1 amide bonds. The van der Waals surface area contributed by atoms with Gasteiger partial charge in [0.15, 0.2) is 0 Å². The van der Waals surface area contributed by atoms with Crippen molar-refractivity contribution >= 4 is 6.09 Å². The highest BCUT2D eigenvalue weighted by atomic mass is 16.5. The Bertz CT molecular complexity index is 220. The number of nitrogens with zero attached hydrogens (tertiary/aromatic N) is 1. The minimum absolute atomic E-state index is 0.135. The molecule has 1 saturated heterocycles. The first kappa shape index (κ1) is 11.5. The number of rotatable bonds is 1.